The van der Waals surface area contributed by atoms with Gasteiger partial charge in [-0.3, -0.25) is 0 Å². The minimum atomic E-state index is 1.30. The second-order valence-corrected chi connectivity index (χ2v) is 3.71. The Kier molecular flexibility index (Phi) is 3.70. The van der Waals surface area contributed by atoms with Crippen LogP contribution in [0.25, 0.3) is 11.6 Å². The fourth-order valence-corrected chi connectivity index (χ4v) is 1.43. The molecule has 0 aliphatic heterocycles. The van der Waals surface area contributed by atoms with E-state index in [4.69, 9.17) is 0 Å². The highest BCUT2D eigenvalue weighted by Gasteiger charge is 2.01. The summed E-state index contributed by atoms with van der Waals surface area (Å²) in [6.45, 7) is 8.54. The molecule has 0 radical (unpaired) electrons. The summed E-state index contributed by atoms with van der Waals surface area (Å²) in [5.74, 6) is 0. The minimum absolute atomic E-state index is 1.30. The standard InChI is InChI=1S/C14H18/c1-5-8-13-9-6-7-10-14(13)12(4)11(2)3/h5-10H,1-4H3. The van der Waals surface area contributed by atoms with Gasteiger partial charge in [-0.25, -0.2) is 0 Å². The maximum atomic E-state index is 2.18. The maximum Gasteiger partial charge on any atom is -0.0156 e. The number of hydrogen-bond donors (Lipinski definition) is 0. The van der Waals surface area contributed by atoms with Gasteiger partial charge in [-0.05, 0) is 44.4 Å². The summed E-state index contributed by atoms with van der Waals surface area (Å²) in [5.41, 5.74) is 5.39. The van der Waals surface area contributed by atoms with Crippen LogP contribution >= 0.6 is 0 Å². The van der Waals surface area contributed by atoms with Crippen LogP contribution in [0.3, 0.4) is 0 Å². The summed E-state index contributed by atoms with van der Waals surface area (Å²) in [4.78, 5) is 0. The Morgan fingerprint density at radius 3 is 2.29 bits per heavy atom. The zero-order chi connectivity index (χ0) is 10.6. The first-order valence-corrected chi connectivity index (χ1v) is 5.03. The molecule has 74 valence electrons. The maximum absolute atomic E-state index is 2.18. The molecule has 1 aromatic carbocycles. The average Bonchev–Trinajstić information content (AvgIpc) is 2.18. The predicted molar refractivity (Wildman–Crippen MR) is 65.1 cm³/mol. The lowest BCUT2D eigenvalue weighted by molar-refractivity contribution is 1.36. The van der Waals surface area contributed by atoms with Crippen LogP contribution < -0.4 is 0 Å². The summed E-state index contributed by atoms with van der Waals surface area (Å²) in [6.07, 6.45) is 4.23. The van der Waals surface area contributed by atoms with Gasteiger partial charge in [0.25, 0.3) is 0 Å². The van der Waals surface area contributed by atoms with Crippen molar-refractivity contribution in [3.63, 3.8) is 0 Å². The molecule has 0 saturated heterocycles. The van der Waals surface area contributed by atoms with Crippen molar-refractivity contribution in [1.29, 1.82) is 0 Å². The fraction of sp³-hybridized carbons (Fsp3) is 0.286. The van der Waals surface area contributed by atoms with Gasteiger partial charge in [0, 0.05) is 0 Å². The Morgan fingerprint density at radius 1 is 1.07 bits per heavy atom. The van der Waals surface area contributed by atoms with E-state index in [1.54, 1.807) is 0 Å². The third kappa shape index (κ3) is 2.35. The largest absolute Gasteiger partial charge is 0.0870 e. The van der Waals surface area contributed by atoms with Crippen LogP contribution in [0.1, 0.15) is 38.8 Å². The van der Waals surface area contributed by atoms with Gasteiger partial charge in [0.2, 0.25) is 0 Å². The lowest BCUT2D eigenvalue weighted by Crippen LogP contribution is -1.86. The molecular formula is C14H18. The molecule has 0 heterocycles. The summed E-state index contributed by atoms with van der Waals surface area (Å²) in [6, 6.07) is 8.51. The minimum Gasteiger partial charge on any atom is -0.0870 e. The van der Waals surface area contributed by atoms with Crippen molar-refractivity contribution in [2.75, 3.05) is 0 Å². The molecule has 1 aromatic rings. The van der Waals surface area contributed by atoms with E-state index in [9.17, 15) is 0 Å². The molecule has 0 aromatic heterocycles. The van der Waals surface area contributed by atoms with Gasteiger partial charge in [0.1, 0.15) is 0 Å². The van der Waals surface area contributed by atoms with Crippen LogP contribution in [-0.4, -0.2) is 0 Å². The van der Waals surface area contributed by atoms with Gasteiger partial charge < -0.3 is 0 Å². The van der Waals surface area contributed by atoms with E-state index in [-0.39, 0.29) is 0 Å². The van der Waals surface area contributed by atoms with Gasteiger partial charge in [0.05, 0.1) is 0 Å². The SMILES string of the molecule is CC=Cc1ccccc1C(C)=C(C)C. The molecule has 0 bridgehead atoms. The number of benzene rings is 1. The normalized spacial score (nSPS) is 10.6. The number of hydrogen-bond acceptors (Lipinski definition) is 0. The van der Waals surface area contributed by atoms with Gasteiger partial charge in [-0.2, -0.15) is 0 Å². The van der Waals surface area contributed by atoms with E-state index >= 15 is 0 Å². The van der Waals surface area contributed by atoms with E-state index in [2.05, 4.69) is 64.1 Å². The highest BCUT2D eigenvalue weighted by Crippen LogP contribution is 2.22. The first-order valence-electron chi connectivity index (χ1n) is 5.03. The zero-order valence-electron chi connectivity index (χ0n) is 9.46. The molecule has 0 spiro atoms. The van der Waals surface area contributed by atoms with Crippen LogP contribution in [-0.2, 0) is 0 Å². The molecule has 0 aliphatic carbocycles. The average molecular weight is 186 g/mol. The molecule has 0 saturated carbocycles. The third-order valence-electron chi connectivity index (χ3n) is 2.46. The van der Waals surface area contributed by atoms with E-state index in [0.29, 0.717) is 0 Å². The van der Waals surface area contributed by atoms with Crippen molar-refractivity contribution >= 4 is 11.6 Å². The number of rotatable bonds is 2. The molecule has 0 atom stereocenters. The summed E-state index contributed by atoms with van der Waals surface area (Å²) in [5, 5.41) is 0. The van der Waals surface area contributed by atoms with E-state index in [1.165, 1.54) is 22.3 Å². The first-order chi connectivity index (χ1) is 6.66. The van der Waals surface area contributed by atoms with Crippen LogP contribution in [0, 0.1) is 0 Å². The predicted octanol–water partition coefficient (Wildman–Crippen LogP) is 4.53. The number of allylic oxidation sites excluding steroid dienone is 3. The lowest BCUT2D eigenvalue weighted by Gasteiger charge is -2.08. The van der Waals surface area contributed by atoms with Crippen LogP contribution in [0.5, 0.6) is 0 Å². The Morgan fingerprint density at radius 2 is 1.71 bits per heavy atom. The molecule has 0 unspecified atom stereocenters. The smallest absolute Gasteiger partial charge is 0.0156 e. The zero-order valence-corrected chi connectivity index (χ0v) is 9.46. The topological polar surface area (TPSA) is 0 Å². The van der Waals surface area contributed by atoms with Gasteiger partial charge in [0.15, 0.2) is 0 Å². The van der Waals surface area contributed by atoms with Gasteiger partial charge in [-0.15, -0.1) is 0 Å². The van der Waals surface area contributed by atoms with Crippen molar-refractivity contribution < 1.29 is 0 Å². The van der Waals surface area contributed by atoms with Gasteiger partial charge in [-0.1, -0.05) is 42.0 Å². The van der Waals surface area contributed by atoms with Crippen molar-refractivity contribution in [1.82, 2.24) is 0 Å². The van der Waals surface area contributed by atoms with Crippen LogP contribution in [0.4, 0.5) is 0 Å². The fourth-order valence-electron chi connectivity index (χ4n) is 1.43. The van der Waals surface area contributed by atoms with E-state index < -0.39 is 0 Å². The summed E-state index contributed by atoms with van der Waals surface area (Å²) < 4.78 is 0. The first kappa shape index (κ1) is 10.8. The Hall–Kier alpha value is -1.30. The monoisotopic (exact) mass is 186 g/mol. The molecular weight excluding hydrogens is 168 g/mol. The third-order valence-corrected chi connectivity index (χ3v) is 2.46. The molecule has 0 nitrogen and oxygen atoms in total. The lowest BCUT2D eigenvalue weighted by atomic mass is 9.97. The van der Waals surface area contributed by atoms with Gasteiger partial charge >= 0.3 is 0 Å². The molecule has 0 N–H and O–H groups in total. The molecule has 14 heavy (non-hydrogen) atoms. The summed E-state index contributed by atoms with van der Waals surface area (Å²) >= 11 is 0. The van der Waals surface area contributed by atoms with Crippen molar-refractivity contribution in [2.24, 2.45) is 0 Å². The second kappa shape index (κ2) is 4.80. The molecule has 0 amide bonds. The molecule has 0 heteroatoms. The van der Waals surface area contributed by atoms with E-state index in [1.807, 2.05) is 0 Å². The van der Waals surface area contributed by atoms with Crippen molar-refractivity contribution in [2.45, 2.75) is 27.7 Å². The Bertz CT molecular complexity index is 363. The van der Waals surface area contributed by atoms with Crippen LogP contribution in [0.2, 0.25) is 0 Å². The highest BCUT2D eigenvalue weighted by atomic mass is 14.1. The van der Waals surface area contributed by atoms with E-state index in [0.717, 1.165) is 0 Å². The molecule has 1 rings (SSSR count). The molecule has 0 aliphatic rings. The quantitative estimate of drug-likeness (QED) is 0.636. The van der Waals surface area contributed by atoms with Crippen molar-refractivity contribution in [3.8, 4) is 0 Å². The molecule has 0 fully saturated rings. The Balaban J connectivity index is 3.27. The summed E-state index contributed by atoms with van der Waals surface area (Å²) in [7, 11) is 0. The second-order valence-electron chi connectivity index (χ2n) is 3.71. The Labute approximate surface area is 87.0 Å². The van der Waals surface area contributed by atoms with Crippen LogP contribution in [0.15, 0.2) is 35.9 Å². The highest BCUT2D eigenvalue weighted by molar-refractivity contribution is 5.74. The van der Waals surface area contributed by atoms with Crippen molar-refractivity contribution in [3.05, 3.63) is 47.0 Å².